The Morgan fingerprint density at radius 2 is 1.79 bits per heavy atom. The van der Waals surface area contributed by atoms with Crippen molar-refractivity contribution in [3.63, 3.8) is 0 Å². The Morgan fingerprint density at radius 3 is 2.50 bits per heavy atom. The van der Waals surface area contributed by atoms with Crippen LogP contribution in [0.5, 0.6) is 0 Å². The standard InChI is InChI=1S/C27H29N5O4S2/c1-3-31(4-2)38(34,35)23-12-8-9-20(17-23)25-21(19-32(29-25)22-10-6-5-7-11-22)18-24-26(33)28-27(37-24)30-13-15-36-16-14-30/h5-12,17-19H,3-4,13-16H2,1-2H3/b24-18-. The van der Waals surface area contributed by atoms with Crippen LogP contribution in [-0.2, 0) is 19.6 Å². The molecule has 2 aromatic carbocycles. The van der Waals surface area contributed by atoms with E-state index >= 15 is 0 Å². The smallest absolute Gasteiger partial charge is 0.286 e. The van der Waals surface area contributed by atoms with Gasteiger partial charge in [0.1, 0.15) is 5.69 Å². The van der Waals surface area contributed by atoms with E-state index in [4.69, 9.17) is 9.84 Å². The molecule has 0 spiro atoms. The first kappa shape index (κ1) is 26.4. The van der Waals surface area contributed by atoms with E-state index in [0.29, 0.717) is 66.3 Å². The number of amides is 1. The van der Waals surface area contributed by atoms with Crippen LogP contribution in [0.2, 0.25) is 0 Å². The summed E-state index contributed by atoms with van der Waals surface area (Å²) >= 11 is 1.34. The van der Waals surface area contributed by atoms with Gasteiger partial charge in [-0.2, -0.15) is 14.4 Å². The third kappa shape index (κ3) is 5.32. The molecule has 1 aromatic heterocycles. The molecule has 1 saturated heterocycles. The quantitative estimate of drug-likeness (QED) is 0.411. The lowest BCUT2D eigenvalue weighted by Crippen LogP contribution is -2.38. The summed E-state index contributed by atoms with van der Waals surface area (Å²) in [5.74, 6) is -0.298. The number of nitrogens with zero attached hydrogens (tertiary/aromatic N) is 5. The fourth-order valence-electron chi connectivity index (χ4n) is 4.38. The number of benzene rings is 2. The largest absolute Gasteiger partial charge is 0.378 e. The molecule has 1 fully saturated rings. The zero-order chi connectivity index (χ0) is 26.7. The van der Waals surface area contributed by atoms with E-state index in [0.717, 1.165) is 5.69 Å². The van der Waals surface area contributed by atoms with Crippen molar-refractivity contribution in [2.45, 2.75) is 18.7 Å². The predicted octanol–water partition coefficient (Wildman–Crippen LogP) is 3.87. The summed E-state index contributed by atoms with van der Waals surface area (Å²) in [6.45, 7) is 7.00. The molecule has 0 N–H and O–H groups in total. The van der Waals surface area contributed by atoms with Gasteiger partial charge in [-0.3, -0.25) is 4.79 Å². The van der Waals surface area contributed by atoms with Gasteiger partial charge in [-0.25, -0.2) is 13.1 Å². The molecular formula is C27H29N5O4S2. The number of sulfonamides is 1. The number of hydrogen-bond acceptors (Lipinski definition) is 7. The van der Waals surface area contributed by atoms with Crippen molar-refractivity contribution in [1.82, 2.24) is 19.0 Å². The van der Waals surface area contributed by atoms with Gasteiger partial charge in [0.25, 0.3) is 5.91 Å². The van der Waals surface area contributed by atoms with Crippen LogP contribution < -0.4 is 0 Å². The van der Waals surface area contributed by atoms with E-state index in [9.17, 15) is 13.2 Å². The molecule has 5 rings (SSSR count). The minimum Gasteiger partial charge on any atom is -0.378 e. The van der Waals surface area contributed by atoms with Crippen LogP contribution in [0.15, 0.2) is 75.6 Å². The van der Waals surface area contributed by atoms with Crippen LogP contribution in [0.3, 0.4) is 0 Å². The van der Waals surface area contributed by atoms with Gasteiger partial charge in [0, 0.05) is 43.5 Å². The second-order valence-corrected chi connectivity index (χ2v) is 11.7. The summed E-state index contributed by atoms with van der Waals surface area (Å²) in [5, 5.41) is 5.49. The molecule has 3 aromatic rings. The number of rotatable bonds is 7. The Balaban J connectivity index is 1.55. The van der Waals surface area contributed by atoms with Crippen molar-refractivity contribution in [2.24, 2.45) is 4.99 Å². The van der Waals surface area contributed by atoms with Gasteiger partial charge in [-0.1, -0.05) is 44.2 Å². The maximum atomic E-state index is 13.2. The molecular weight excluding hydrogens is 522 g/mol. The van der Waals surface area contributed by atoms with E-state index in [1.165, 1.54) is 16.1 Å². The van der Waals surface area contributed by atoms with Gasteiger partial charge in [-0.05, 0) is 42.1 Å². The molecule has 2 aliphatic rings. The van der Waals surface area contributed by atoms with E-state index in [1.807, 2.05) is 56.4 Å². The number of carbonyl (C=O) groups is 1. The van der Waals surface area contributed by atoms with Crippen LogP contribution in [0.4, 0.5) is 0 Å². The molecule has 3 heterocycles. The highest BCUT2D eigenvalue weighted by Crippen LogP contribution is 2.34. The number of aromatic nitrogens is 2. The third-order valence-corrected chi connectivity index (χ3v) is 9.48. The zero-order valence-electron chi connectivity index (χ0n) is 21.3. The fourth-order valence-corrected chi connectivity index (χ4v) is 6.84. The maximum absolute atomic E-state index is 13.2. The number of hydrogen-bond donors (Lipinski definition) is 0. The average molecular weight is 552 g/mol. The molecule has 0 unspecified atom stereocenters. The number of carbonyl (C=O) groups excluding carboxylic acids is 1. The lowest BCUT2D eigenvalue weighted by Gasteiger charge is -2.27. The van der Waals surface area contributed by atoms with E-state index in [1.54, 1.807) is 29.0 Å². The second-order valence-electron chi connectivity index (χ2n) is 8.74. The van der Waals surface area contributed by atoms with Crippen LogP contribution in [0.25, 0.3) is 23.0 Å². The highest BCUT2D eigenvalue weighted by molar-refractivity contribution is 8.18. The van der Waals surface area contributed by atoms with E-state index in [2.05, 4.69) is 9.89 Å². The monoisotopic (exact) mass is 551 g/mol. The van der Waals surface area contributed by atoms with Crippen LogP contribution in [-0.4, -0.2) is 77.9 Å². The molecule has 0 bridgehead atoms. The van der Waals surface area contributed by atoms with Gasteiger partial charge in [0.05, 0.1) is 28.7 Å². The Labute approximate surface area is 226 Å². The van der Waals surface area contributed by atoms with Crippen LogP contribution in [0.1, 0.15) is 19.4 Å². The average Bonchev–Trinajstić information content (AvgIpc) is 3.54. The lowest BCUT2D eigenvalue weighted by molar-refractivity contribution is -0.113. The Kier molecular flexibility index (Phi) is 7.80. The number of morpholine rings is 1. The molecule has 1 amide bonds. The van der Waals surface area contributed by atoms with Crippen molar-refractivity contribution >= 4 is 38.9 Å². The topological polar surface area (TPSA) is 97.1 Å². The number of aliphatic imine (C=N–C) groups is 1. The van der Waals surface area contributed by atoms with Gasteiger partial charge < -0.3 is 9.64 Å². The maximum Gasteiger partial charge on any atom is 0.286 e. The molecule has 38 heavy (non-hydrogen) atoms. The Bertz CT molecular complexity index is 1490. The van der Waals surface area contributed by atoms with Gasteiger partial charge in [-0.15, -0.1) is 0 Å². The predicted molar refractivity (Wildman–Crippen MR) is 150 cm³/mol. The van der Waals surface area contributed by atoms with E-state index in [-0.39, 0.29) is 10.8 Å². The molecule has 0 aliphatic carbocycles. The number of amidine groups is 1. The molecule has 0 radical (unpaired) electrons. The zero-order valence-corrected chi connectivity index (χ0v) is 22.9. The van der Waals surface area contributed by atoms with Crippen molar-refractivity contribution < 1.29 is 17.9 Å². The second kappa shape index (κ2) is 11.2. The molecule has 2 aliphatic heterocycles. The van der Waals surface area contributed by atoms with Gasteiger partial charge in [0.15, 0.2) is 5.17 Å². The highest BCUT2D eigenvalue weighted by atomic mass is 32.2. The van der Waals surface area contributed by atoms with E-state index < -0.39 is 10.0 Å². The van der Waals surface area contributed by atoms with Gasteiger partial charge >= 0.3 is 0 Å². The summed E-state index contributed by atoms with van der Waals surface area (Å²) in [6.07, 6.45) is 3.64. The SMILES string of the molecule is CCN(CC)S(=O)(=O)c1cccc(-c2nn(-c3ccccc3)cc2/C=C2\SC(N3CCOCC3)=NC2=O)c1. The minimum absolute atomic E-state index is 0.204. The highest BCUT2D eigenvalue weighted by Gasteiger charge is 2.28. The summed E-state index contributed by atoms with van der Waals surface area (Å²) < 4.78 is 35.0. The molecule has 11 heteroatoms. The molecule has 198 valence electrons. The lowest BCUT2D eigenvalue weighted by atomic mass is 10.1. The minimum atomic E-state index is -3.65. The fraction of sp³-hybridized carbons (Fsp3) is 0.296. The molecule has 0 atom stereocenters. The van der Waals surface area contributed by atoms with Crippen molar-refractivity contribution in [3.8, 4) is 16.9 Å². The summed E-state index contributed by atoms with van der Waals surface area (Å²) in [6, 6.07) is 16.4. The summed E-state index contributed by atoms with van der Waals surface area (Å²) in [7, 11) is -3.65. The summed E-state index contributed by atoms with van der Waals surface area (Å²) in [5.41, 5.74) is 2.76. The number of para-hydroxylation sites is 1. The number of ether oxygens (including phenoxy) is 1. The van der Waals surface area contributed by atoms with Crippen LogP contribution in [0, 0.1) is 0 Å². The molecule has 9 nitrogen and oxygen atoms in total. The third-order valence-electron chi connectivity index (χ3n) is 6.39. The normalized spacial score (nSPS) is 17.4. The van der Waals surface area contributed by atoms with Crippen molar-refractivity contribution in [3.05, 3.63) is 71.3 Å². The first-order valence-corrected chi connectivity index (χ1v) is 14.8. The van der Waals surface area contributed by atoms with Crippen molar-refractivity contribution in [1.29, 1.82) is 0 Å². The molecule has 0 saturated carbocycles. The van der Waals surface area contributed by atoms with Crippen molar-refractivity contribution in [2.75, 3.05) is 39.4 Å². The first-order valence-electron chi connectivity index (χ1n) is 12.5. The number of thioether (sulfide) groups is 1. The van der Waals surface area contributed by atoms with Crippen LogP contribution >= 0.6 is 11.8 Å². The Hall–Kier alpha value is -3.25. The Morgan fingerprint density at radius 1 is 1.05 bits per heavy atom. The summed E-state index contributed by atoms with van der Waals surface area (Å²) in [4.78, 5) is 19.9. The van der Waals surface area contributed by atoms with Gasteiger partial charge in [0.2, 0.25) is 10.0 Å². The first-order chi connectivity index (χ1) is 18.4.